The normalized spacial score (nSPS) is 16.2. The van der Waals surface area contributed by atoms with Gasteiger partial charge in [-0.3, -0.25) is 4.79 Å². The number of aromatic nitrogens is 3. The van der Waals surface area contributed by atoms with Crippen molar-refractivity contribution in [3.8, 4) is 5.75 Å². The Morgan fingerprint density at radius 2 is 2.10 bits per heavy atom. The lowest BCUT2D eigenvalue weighted by atomic mass is 9.99. The van der Waals surface area contributed by atoms with Gasteiger partial charge in [0, 0.05) is 18.2 Å². The predicted molar refractivity (Wildman–Crippen MR) is 106 cm³/mol. The van der Waals surface area contributed by atoms with Crippen molar-refractivity contribution in [2.24, 2.45) is 0 Å². The van der Waals surface area contributed by atoms with Gasteiger partial charge in [0.25, 0.3) is 12.3 Å². The molecule has 4 rings (SSSR count). The van der Waals surface area contributed by atoms with Crippen molar-refractivity contribution < 1.29 is 18.3 Å². The average molecular weight is 465 g/mol. The molecule has 1 unspecified atom stereocenters. The van der Waals surface area contributed by atoms with Crippen LogP contribution in [0.4, 0.5) is 8.78 Å². The molecular weight excluding hydrogens is 446 g/mol. The van der Waals surface area contributed by atoms with Crippen LogP contribution < -0.4 is 10.1 Å². The zero-order valence-corrected chi connectivity index (χ0v) is 17.4. The lowest BCUT2D eigenvalue weighted by molar-refractivity contribution is 0.0922. The first-order chi connectivity index (χ1) is 13.9. The number of hydrogen-bond donors (Lipinski definition) is 1. The summed E-state index contributed by atoms with van der Waals surface area (Å²) in [6.07, 6.45) is -0.687. The van der Waals surface area contributed by atoms with Crippen molar-refractivity contribution in [2.75, 3.05) is 6.61 Å². The smallest absolute Gasteiger partial charge is 0.283 e. The predicted octanol–water partition coefficient (Wildman–Crippen LogP) is 4.81. The monoisotopic (exact) mass is 464 g/mol. The zero-order chi connectivity index (χ0) is 20.7. The summed E-state index contributed by atoms with van der Waals surface area (Å²) in [5.74, 6) is 0.287. The molecular formula is C20H19BrF2N4O2. The highest BCUT2D eigenvalue weighted by atomic mass is 79.9. The Labute approximate surface area is 174 Å². The van der Waals surface area contributed by atoms with Crippen molar-refractivity contribution in [3.63, 3.8) is 0 Å². The minimum atomic E-state index is -2.75. The molecule has 1 aromatic carbocycles. The maximum absolute atomic E-state index is 13.3. The topological polar surface area (TPSA) is 68.5 Å². The molecule has 2 aromatic heterocycles. The largest absolute Gasteiger partial charge is 0.493 e. The van der Waals surface area contributed by atoms with Gasteiger partial charge in [-0.15, -0.1) is 0 Å². The summed E-state index contributed by atoms with van der Waals surface area (Å²) in [4.78, 5) is 17.3. The van der Waals surface area contributed by atoms with Gasteiger partial charge in [0.1, 0.15) is 11.4 Å². The summed E-state index contributed by atoms with van der Waals surface area (Å²) in [7, 11) is 0. The van der Waals surface area contributed by atoms with Crippen LogP contribution in [0.5, 0.6) is 5.75 Å². The van der Waals surface area contributed by atoms with E-state index in [1.165, 1.54) is 10.7 Å². The van der Waals surface area contributed by atoms with Crippen molar-refractivity contribution in [2.45, 2.75) is 38.7 Å². The summed E-state index contributed by atoms with van der Waals surface area (Å²) in [6, 6.07) is 7.36. The second kappa shape index (κ2) is 7.70. The number of carbonyl (C=O) groups is 1. The van der Waals surface area contributed by atoms with Crippen LogP contribution in [0, 0.1) is 0 Å². The van der Waals surface area contributed by atoms with E-state index in [2.05, 4.69) is 31.3 Å². The Bertz CT molecular complexity index is 1080. The van der Waals surface area contributed by atoms with Gasteiger partial charge in [-0.05, 0) is 27.9 Å². The molecule has 1 aliphatic rings. The average Bonchev–Trinajstić information content (AvgIpc) is 3.04. The second-order valence-corrected chi connectivity index (χ2v) is 7.94. The zero-order valence-electron chi connectivity index (χ0n) is 15.8. The summed E-state index contributed by atoms with van der Waals surface area (Å²) in [6.45, 7) is 4.26. The molecule has 0 saturated carbocycles. The number of amides is 1. The van der Waals surface area contributed by atoms with E-state index in [-0.39, 0.29) is 28.0 Å². The van der Waals surface area contributed by atoms with Crippen LogP contribution in [-0.2, 0) is 0 Å². The number of para-hydroxylation sites is 1. The van der Waals surface area contributed by atoms with Crippen LogP contribution in [0.2, 0.25) is 0 Å². The highest BCUT2D eigenvalue weighted by Crippen LogP contribution is 2.34. The van der Waals surface area contributed by atoms with E-state index in [4.69, 9.17) is 4.74 Å². The van der Waals surface area contributed by atoms with Crippen molar-refractivity contribution in [1.82, 2.24) is 19.9 Å². The lowest BCUT2D eigenvalue weighted by Crippen LogP contribution is -2.33. The highest BCUT2D eigenvalue weighted by molar-refractivity contribution is 9.10. The molecule has 0 aliphatic carbocycles. The van der Waals surface area contributed by atoms with Crippen LogP contribution in [0.25, 0.3) is 5.65 Å². The van der Waals surface area contributed by atoms with Gasteiger partial charge in [-0.2, -0.15) is 5.10 Å². The Morgan fingerprint density at radius 3 is 2.83 bits per heavy atom. The number of nitrogens with zero attached hydrogens (tertiary/aromatic N) is 3. The molecule has 29 heavy (non-hydrogen) atoms. The number of fused-ring (bicyclic) bond motifs is 2. The summed E-state index contributed by atoms with van der Waals surface area (Å²) in [5.41, 5.74) is 1.62. The third-order valence-electron chi connectivity index (χ3n) is 4.91. The quantitative estimate of drug-likeness (QED) is 0.601. The van der Waals surface area contributed by atoms with Gasteiger partial charge in [0.2, 0.25) is 0 Å². The molecule has 0 bridgehead atoms. The molecule has 1 aliphatic heterocycles. The number of rotatable bonds is 4. The van der Waals surface area contributed by atoms with Crippen LogP contribution in [-0.4, -0.2) is 27.1 Å². The van der Waals surface area contributed by atoms with Crippen molar-refractivity contribution in [1.29, 1.82) is 0 Å². The second-order valence-electron chi connectivity index (χ2n) is 7.15. The van der Waals surface area contributed by atoms with E-state index in [0.29, 0.717) is 24.3 Å². The number of carbonyl (C=O) groups excluding carboxylic acids is 1. The fourth-order valence-corrected chi connectivity index (χ4v) is 4.11. The molecule has 1 amide bonds. The van der Waals surface area contributed by atoms with Gasteiger partial charge in [-0.25, -0.2) is 18.3 Å². The Balaban J connectivity index is 1.74. The molecule has 3 heterocycles. The highest BCUT2D eigenvalue weighted by Gasteiger charge is 2.28. The number of benzene rings is 1. The third kappa shape index (κ3) is 3.48. The number of ether oxygens (including phenoxy) is 1. The minimum absolute atomic E-state index is 0.138. The number of hydrogen-bond acceptors (Lipinski definition) is 4. The van der Waals surface area contributed by atoms with E-state index in [1.807, 2.05) is 38.1 Å². The van der Waals surface area contributed by atoms with Gasteiger partial charge in [-0.1, -0.05) is 32.0 Å². The molecule has 0 saturated heterocycles. The van der Waals surface area contributed by atoms with E-state index in [9.17, 15) is 13.6 Å². The maximum Gasteiger partial charge on any atom is 0.283 e. The molecule has 1 N–H and O–H groups in total. The number of halogens is 3. The van der Waals surface area contributed by atoms with Gasteiger partial charge in [0.15, 0.2) is 5.65 Å². The van der Waals surface area contributed by atoms with Crippen LogP contribution >= 0.6 is 15.9 Å². The first kappa shape index (κ1) is 19.8. The SMILES string of the molecule is CC(C)c1c(C(=O)NC2CCOc3ccccc32)cnc2c(Br)c(C(F)F)nn12. The third-order valence-corrected chi connectivity index (χ3v) is 5.67. The molecule has 6 nitrogen and oxygen atoms in total. The molecule has 1 atom stereocenters. The maximum atomic E-state index is 13.3. The first-order valence-corrected chi connectivity index (χ1v) is 10.1. The van der Waals surface area contributed by atoms with E-state index < -0.39 is 12.1 Å². The Kier molecular flexibility index (Phi) is 5.24. The molecule has 9 heteroatoms. The fraction of sp³-hybridized carbons (Fsp3) is 0.350. The van der Waals surface area contributed by atoms with Crippen LogP contribution in [0.3, 0.4) is 0 Å². The first-order valence-electron chi connectivity index (χ1n) is 9.26. The van der Waals surface area contributed by atoms with Gasteiger partial charge < -0.3 is 10.1 Å². The van der Waals surface area contributed by atoms with E-state index in [1.54, 1.807) is 0 Å². The van der Waals surface area contributed by atoms with Gasteiger partial charge >= 0.3 is 0 Å². The Hall–Kier alpha value is -2.55. The number of alkyl halides is 2. The Morgan fingerprint density at radius 1 is 1.34 bits per heavy atom. The summed E-state index contributed by atoms with van der Waals surface area (Å²) < 4.78 is 33.7. The standard InChI is InChI=1S/C20H19BrF2N4O2/c1-10(2)17-12(9-24-19-15(21)16(18(22)23)26-27(17)19)20(28)25-13-7-8-29-14-6-4-3-5-11(13)14/h3-6,9-10,13,18H,7-8H2,1-2H3,(H,25,28). The molecule has 0 fully saturated rings. The molecule has 152 valence electrons. The van der Waals surface area contributed by atoms with Gasteiger partial charge in [0.05, 0.1) is 28.4 Å². The number of nitrogens with one attached hydrogen (secondary N) is 1. The summed E-state index contributed by atoms with van der Waals surface area (Å²) >= 11 is 3.15. The van der Waals surface area contributed by atoms with Crippen LogP contribution in [0.15, 0.2) is 34.9 Å². The summed E-state index contributed by atoms with van der Waals surface area (Å²) in [5, 5.41) is 7.05. The van der Waals surface area contributed by atoms with E-state index in [0.717, 1.165) is 11.3 Å². The van der Waals surface area contributed by atoms with Crippen molar-refractivity contribution in [3.05, 3.63) is 57.4 Å². The molecule has 3 aromatic rings. The van der Waals surface area contributed by atoms with Crippen molar-refractivity contribution >= 4 is 27.5 Å². The van der Waals surface area contributed by atoms with E-state index >= 15 is 0 Å². The minimum Gasteiger partial charge on any atom is -0.493 e. The fourth-order valence-electron chi connectivity index (χ4n) is 3.59. The molecule has 0 radical (unpaired) electrons. The van der Waals surface area contributed by atoms with Crippen LogP contribution in [0.1, 0.15) is 66.0 Å². The lowest BCUT2D eigenvalue weighted by Gasteiger charge is -2.27. The molecule has 0 spiro atoms.